The van der Waals surface area contributed by atoms with Gasteiger partial charge in [0, 0.05) is 36.2 Å². The number of hydrogen-bond donors (Lipinski definition) is 3. The van der Waals surface area contributed by atoms with Gasteiger partial charge < -0.3 is 25.7 Å². The Morgan fingerprint density at radius 1 is 1.07 bits per heavy atom. The smallest absolute Gasteiger partial charge is 0.271 e. The Balaban J connectivity index is 1.35. The van der Waals surface area contributed by atoms with Gasteiger partial charge in [0.05, 0.1) is 41.2 Å². The number of primary amides is 1. The molecule has 2 aliphatic rings. The summed E-state index contributed by atoms with van der Waals surface area (Å²) in [5, 5.41) is 28.2. The number of carbonyl (C=O) groups excluding carboxylic acids is 1. The van der Waals surface area contributed by atoms with Crippen molar-refractivity contribution in [2.24, 2.45) is 12.8 Å². The Hall–Kier alpha value is -4.75. The highest BCUT2D eigenvalue weighted by Crippen LogP contribution is 2.69. The number of nitriles is 1. The zero-order valence-corrected chi connectivity index (χ0v) is 23.4. The van der Waals surface area contributed by atoms with E-state index in [1.807, 2.05) is 25.2 Å². The van der Waals surface area contributed by atoms with Crippen molar-refractivity contribution in [3.8, 4) is 23.1 Å². The molecule has 41 heavy (non-hydrogen) atoms. The number of para-hydroxylation sites is 1. The highest BCUT2D eigenvalue weighted by atomic mass is 31.2. The monoisotopic (exact) mass is 569 g/mol. The Morgan fingerprint density at radius 3 is 2.49 bits per heavy atom. The first-order valence-corrected chi connectivity index (χ1v) is 15.1. The molecule has 0 bridgehead atoms. The molecule has 0 aliphatic heterocycles. The predicted molar refractivity (Wildman–Crippen MR) is 155 cm³/mol. The van der Waals surface area contributed by atoms with E-state index in [0.717, 1.165) is 31.1 Å². The van der Waals surface area contributed by atoms with Gasteiger partial charge in [0.1, 0.15) is 13.0 Å². The van der Waals surface area contributed by atoms with Crippen molar-refractivity contribution in [3.05, 3.63) is 59.9 Å². The molecular weight excluding hydrogens is 541 g/mol. The van der Waals surface area contributed by atoms with E-state index >= 15 is 0 Å². The summed E-state index contributed by atoms with van der Waals surface area (Å²) in [5.74, 6) is 0.378. The van der Waals surface area contributed by atoms with Gasteiger partial charge in [-0.15, -0.1) is 10.2 Å². The topological polar surface area (TPSA) is 174 Å². The Bertz CT molecular complexity index is 1740. The van der Waals surface area contributed by atoms with Crippen LogP contribution in [0.5, 0.6) is 5.75 Å². The second-order valence-corrected chi connectivity index (χ2v) is 13.6. The van der Waals surface area contributed by atoms with Gasteiger partial charge >= 0.3 is 0 Å². The maximum atomic E-state index is 14.2. The lowest BCUT2D eigenvalue weighted by Gasteiger charge is -2.17. The van der Waals surface area contributed by atoms with Crippen LogP contribution in [0.4, 0.5) is 23.0 Å². The molecule has 13 heteroatoms. The summed E-state index contributed by atoms with van der Waals surface area (Å²) in [6, 6.07) is 14.2. The van der Waals surface area contributed by atoms with Crippen LogP contribution < -0.4 is 26.5 Å². The van der Waals surface area contributed by atoms with Crippen molar-refractivity contribution < 1.29 is 14.1 Å². The lowest BCUT2D eigenvalue weighted by atomic mass is 10.1. The minimum absolute atomic E-state index is 0.0725. The normalized spacial score (nSPS) is 14.8. The van der Waals surface area contributed by atoms with E-state index in [1.165, 1.54) is 6.20 Å². The van der Waals surface area contributed by atoms with Crippen LogP contribution in [0.25, 0.3) is 11.3 Å². The number of ether oxygens (including phenoxy) is 1. The molecule has 0 unspecified atom stereocenters. The summed E-state index contributed by atoms with van der Waals surface area (Å²) in [7, 11) is 0.868. The predicted octanol–water partition coefficient (Wildman–Crippen LogP) is 4.05. The first kappa shape index (κ1) is 26.5. The molecule has 12 nitrogen and oxygen atoms in total. The van der Waals surface area contributed by atoms with E-state index in [1.54, 1.807) is 36.1 Å². The number of nitrogens with zero attached hydrogens (tertiary/aromatic N) is 6. The Morgan fingerprint density at radius 2 is 1.83 bits per heavy atom. The van der Waals surface area contributed by atoms with E-state index in [4.69, 9.17) is 15.6 Å². The van der Waals surface area contributed by atoms with Gasteiger partial charge in [0.25, 0.3) is 5.91 Å². The second-order valence-electron chi connectivity index (χ2n) is 10.2. The van der Waals surface area contributed by atoms with Gasteiger partial charge in [-0.05, 0) is 56.0 Å². The summed E-state index contributed by atoms with van der Waals surface area (Å²) < 4.78 is 21.8. The van der Waals surface area contributed by atoms with E-state index in [2.05, 4.69) is 31.9 Å². The minimum atomic E-state index is -2.53. The van der Waals surface area contributed by atoms with Crippen molar-refractivity contribution >= 4 is 41.5 Å². The van der Waals surface area contributed by atoms with Gasteiger partial charge in [-0.25, -0.2) is 4.98 Å². The number of methoxy groups -OCH3 is 1. The molecule has 208 valence electrons. The third-order valence-electron chi connectivity index (χ3n) is 7.33. The summed E-state index contributed by atoms with van der Waals surface area (Å²) in [6.07, 6.45) is 5.54. The summed E-state index contributed by atoms with van der Waals surface area (Å²) in [5.41, 5.74) is 9.48. The molecule has 4 aromatic rings. The summed E-state index contributed by atoms with van der Waals surface area (Å²) >= 11 is 0. The molecule has 1 aromatic carbocycles. The number of aromatic nitrogens is 5. The first-order chi connectivity index (χ1) is 19.8. The zero-order valence-electron chi connectivity index (χ0n) is 22.5. The summed E-state index contributed by atoms with van der Waals surface area (Å²) in [4.78, 5) is 16.4. The van der Waals surface area contributed by atoms with Crippen LogP contribution in [-0.2, 0) is 11.6 Å². The quantitative estimate of drug-likeness (QED) is 0.236. The average Bonchev–Trinajstić information content (AvgIpc) is 3.90. The highest BCUT2D eigenvalue weighted by Gasteiger charge is 2.53. The third kappa shape index (κ3) is 5.00. The fourth-order valence-corrected chi connectivity index (χ4v) is 9.13. The fourth-order valence-electron chi connectivity index (χ4n) is 5.14. The number of amides is 1. The fraction of sp³-hybridized carbons (Fsp3) is 0.286. The van der Waals surface area contributed by atoms with E-state index in [0.29, 0.717) is 34.1 Å². The number of benzene rings is 1. The Kier molecular flexibility index (Phi) is 6.67. The van der Waals surface area contributed by atoms with Gasteiger partial charge in [0.2, 0.25) is 0 Å². The number of carbonyl (C=O) groups is 1. The van der Waals surface area contributed by atoms with Crippen LogP contribution in [0.1, 0.15) is 41.7 Å². The van der Waals surface area contributed by atoms with Gasteiger partial charge in [0.15, 0.2) is 17.3 Å². The first-order valence-electron chi connectivity index (χ1n) is 13.2. The third-order valence-corrected chi connectivity index (χ3v) is 11.7. The molecule has 0 radical (unpaired) electrons. The van der Waals surface area contributed by atoms with Crippen LogP contribution in [0.3, 0.4) is 0 Å². The van der Waals surface area contributed by atoms with Crippen LogP contribution in [0.2, 0.25) is 0 Å². The van der Waals surface area contributed by atoms with Crippen LogP contribution in [0.15, 0.2) is 48.7 Å². The van der Waals surface area contributed by atoms with Crippen LogP contribution >= 0.6 is 7.14 Å². The second kappa shape index (κ2) is 10.3. The number of nitrogens with one attached hydrogen (secondary N) is 2. The lowest BCUT2D eigenvalue weighted by Crippen LogP contribution is -2.20. The van der Waals surface area contributed by atoms with Gasteiger partial charge in [-0.3, -0.25) is 9.48 Å². The molecule has 2 aliphatic carbocycles. The van der Waals surface area contributed by atoms with E-state index < -0.39 is 13.0 Å². The largest absolute Gasteiger partial charge is 0.494 e. The molecule has 0 saturated heterocycles. The number of hydrogen-bond acceptors (Lipinski definition) is 10. The van der Waals surface area contributed by atoms with Gasteiger partial charge in [-0.2, -0.15) is 10.4 Å². The van der Waals surface area contributed by atoms with Crippen molar-refractivity contribution in [2.45, 2.75) is 37.0 Å². The number of nitrogens with two attached hydrogens (primary N) is 1. The molecule has 2 fully saturated rings. The molecule has 6 rings (SSSR count). The summed E-state index contributed by atoms with van der Waals surface area (Å²) in [6.45, 7) is 0. The van der Waals surface area contributed by atoms with E-state index in [-0.39, 0.29) is 28.5 Å². The molecule has 0 atom stereocenters. The number of rotatable bonds is 10. The van der Waals surface area contributed by atoms with Crippen molar-refractivity contribution in [2.75, 3.05) is 17.7 Å². The van der Waals surface area contributed by atoms with Crippen LogP contribution in [-0.4, -0.2) is 49.3 Å². The number of pyridine rings is 1. The van der Waals surface area contributed by atoms with Gasteiger partial charge in [-0.1, -0.05) is 6.07 Å². The molecular formula is C28H28N9O3P. The molecule has 3 aromatic heterocycles. The average molecular weight is 570 g/mol. The maximum Gasteiger partial charge on any atom is 0.271 e. The molecule has 1 amide bonds. The van der Waals surface area contributed by atoms with Crippen molar-refractivity contribution in [1.82, 2.24) is 25.0 Å². The van der Waals surface area contributed by atoms with Crippen molar-refractivity contribution in [1.29, 1.82) is 5.26 Å². The molecule has 4 N–H and O–H groups in total. The Labute approximate surface area is 236 Å². The highest BCUT2D eigenvalue weighted by molar-refractivity contribution is 7.73. The number of anilines is 4. The molecule has 2 saturated carbocycles. The SMILES string of the molecule is COc1c(Nc2cc(Nc3cc(C#N)ccn3)nnc2C(N)=O)cccc1-c1cc(P(=O)(C2CC2)C2CC2)n(C)n1. The zero-order chi connectivity index (χ0) is 28.7. The molecule has 3 heterocycles. The van der Waals surface area contributed by atoms with Crippen molar-refractivity contribution in [3.63, 3.8) is 0 Å². The number of aryl methyl sites for hydroxylation is 1. The minimum Gasteiger partial charge on any atom is -0.494 e. The maximum absolute atomic E-state index is 14.2. The molecule has 0 spiro atoms. The van der Waals surface area contributed by atoms with Crippen LogP contribution in [0, 0.1) is 11.3 Å². The standard InChI is InChI=1S/C28H28N9O3P/c1-37-25(41(39,17-6-7-17)18-8-9-18)14-21(36-37)19-4-3-5-20(27(19)40-2)32-22-13-24(34-35-26(22)28(30)38)33-23-12-16(15-29)10-11-31-23/h3-5,10-14,17-18H,6-9H2,1-2H3,(H2,30,38)(H2,31,32,33,34). The lowest BCUT2D eigenvalue weighted by molar-refractivity contribution is 0.0995. The van der Waals surface area contributed by atoms with E-state index in [9.17, 15) is 14.6 Å².